The fourth-order valence-corrected chi connectivity index (χ4v) is 1.93. The second-order valence-corrected chi connectivity index (χ2v) is 5.59. The molecule has 0 aliphatic heterocycles. The van der Waals surface area contributed by atoms with Crippen molar-refractivity contribution in [2.24, 2.45) is 5.84 Å². The molecule has 106 valence electrons. The van der Waals surface area contributed by atoms with Crippen LogP contribution < -0.4 is 10.9 Å². The number of nitrogens with one attached hydrogen (secondary N) is 1. The Labute approximate surface area is 106 Å². The van der Waals surface area contributed by atoms with Gasteiger partial charge in [0.25, 0.3) is 0 Å². The third-order valence-corrected chi connectivity index (χ3v) is 3.23. The Hall–Kier alpha value is -1.68. The first-order valence-corrected chi connectivity index (χ1v) is 6.54. The molecule has 0 aliphatic rings. The van der Waals surface area contributed by atoms with Crippen molar-refractivity contribution in [2.45, 2.75) is 11.1 Å². The summed E-state index contributed by atoms with van der Waals surface area (Å²) >= 11 is 0. The predicted octanol–water partition coefficient (Wildman–Crippen LogP) is 1.45. The molecule has 0 bridgehead atoms. The lowest BCUT2D eigenvalue weighted by Gasteiger charge is -2.21. The molecule has 0 unspecified atom stereocenters. The Morgan fingerprint density at radius 1 is 1.37 bits per heavy atom. The third-order valence-electron chi connectivity index (χ3n) is 2.10. The second kappa shape index (κ2) is 4.78. The van der Waals surface area contributed by atoms with Gasteiger partial charge in [0.2, 0.25) is 5.84 Å². The van der Waals surface area contributed by atoms with Crippen LogP contribution in [-0.2, 0) is 9.84 Å². The van der Waals surface area contributed by atoms with Gasteiger partial charge in [-0.15, -0.1) is 0 Å². The highest BCUT2D eigenvalue weighted by atomic mass is 32.2. The first-order valence-electron chi connectivity index (χ1n) is 4.65. The van der Waals surface area contributed by atoms with Crippen molar-refractivity contribution in [3.05, 3.63) is 24.0 Å². The highest BCUT2D eigenvalue weighted by molar-refractivity contribution is 7.90. The normalized spacial score (nSPS) is 12.3. The molecular weight excluding hydrogens is 290 g/mol. The summed E-state index contributed by atoms with van der Waals surface area (Å²) in [5.41, 5.74) is -0.493. The Bertz CT molecular complexity index is 612. The van der Waals surface area contributed by atoms with E-state index in [1.807, 2.05) is 0 Å². The van der Waals surface area contributed by atoms with Crippen molar-refractivity contribution in [1.29, 1.82) is 5.41 Å². The Morgan fingerprint density at radius 2 is 1.89 bits per heavy atom. The summed E-state index contributed by atoms with van der Waals surface area (Å²) in [4.78, 5) is -0.664. The van der Waals surface area contributed by atoms with Crippen LogP contribution in [0.1, 0.15) is 0 Å². The molecule has 0 saturated carbocycles. The van der Waals surface area contributed by atoms with Gasteiger partial charge in [-0.2, -0.15) is 13.2 Å². The maximum Gasteiger partial charge on any atom is 0.450 e. The number of sulfone groups is 1. The number of nitrogens with zero attached hydrogens (tertiary/aromatic N) is 1. The first kappa shape index (κ1) is 15.4. The van der Waals surface area contributed by atoms with Gasteiger partial charge in [-0.25, -0.2) is 18.7 Å². The van der Waals surface area contributed by atoms with Crippen molar-refractivity contribution in [2.75, 3.05) is 11.3 Å². The molecule has 0 aliphatic carbocycles. The van der Waals surface area contributed by atoms with Gasteiger partial charge >= 0.3 is 6.18 Å². The fraction of sp³-hybridized carbons (Fsp3) is 0.222. The number of alkyl halides is 3. The SMILES string of the molecule is CS(=O)(=O)c1ccc(N(N)C(=N)C(F)(F)F)cc1F. The maximum absolute atomic E-state index is 13.5. The minimum absolute atomic E-state index is 0.0882. The highest BCUT2D eigenvalue weighted by Gasteiger charge is 2.38. The van der Waals surface area contributed by atoms with Crippen LogP contribution in [0.25, 0.3) is 0 Å². The first-order chi connectivity index (χ1) is 8.44. The molecule has 0 radical (unpaired) electrons. The quantitative estimate of drug-likeness (QED) is 0.284. The molecule has 0 atom stereocenters. The predicted molar refractivity (Wildman–Crippen MR) is 60.0 cm³/mol. The van der Waals surface area contributed by atoms with Crippen LogP contribution in [0.4, 0.5) is 23.2 Å². The topological polar surface area (TPSA) is 87.2 Å². The largest absolute Gasteiger partial charge is 0.450 e. The van der Waals surface area contributed by atoms with Crippen LogP contribution in [0.2, 0.25) is 0 Å². The number of nitrogens with two attached hydrogens (primary N) is 1. The molecule has 10 heteroatoms. The number of anilines is 1. The standard InChI is InChI=1S/C9H9F4N3O2S/c1-19(17,18)7-3-2-5(4-6(7)10)16(15)8(14)9(11,12)13/h2-4,14H,15H2,1H3. The summed E-state index contributed by atoms with van der Waals surface area (Å²) in [6, 6.07) is 2.17. The zero-order valence-electron chi connectivity index (χ0n) is 9.49. The van der Waals surface area contributed by atoms with Crippen LogP contribution in [0.15, 0.2) is 23.1 Å². The van der Waals surface area contributed by atoms with Crippen LogP contribution in [0, 0.1) is 11.2 Å². The van der Waals surface area contributed by atoms with E-state index in [9.17, 15) is 26.0 Å². The minimum Gasteiger partial charge on any atom is -0.279 e. The fourth-order valence-electron chi connectivity index (χ4n) is 1.21. The van der Waals surface area contributed by atoms with Crippen molar-refractivity contribution in [1.82, 2.24) is 0 Å². The lowest BCUT2D eigenvalue weighted by molar-refractivity contribution is -0.0610. The van der Waals surface area contributed by atoms with Gasteiger partial charge in [-0.3, -0.25) is 10.4 Å². The number of halogens is 4. The summed E-state index contributed by atoms with van der Waals surface area (Å²) in [5.74, 6) is 1.88. The molecule has 5 nitrogen and oxygen atoms in total. The molecule has 0 spiro atoms. The van der Waals surface area contributed by atoms with E-state index in [0.29, 0.717) is 6.07 Å². The summed E-state index contributed by atoms with van der Waals surface area (Å²) in [6.07, 6.45) is -4.25. The second-order valence-electron chi connectivity index (χ2n) is 3.60. The highest BCUT2D eigenvalue weighted by Crippen LogP contribution is 2.24. The van der Waals surface area contributed by atoms with Gasteiger partial charge in [-0.05, 0) is 12.1 Å². The molecule has 3 N–H and O–H groups in total. The van der Waals surface area contributed by atoms with E-state index in [1.54, 1.807) is 0 Å². The lowest BCUT2D eigenvalue weighted by Crippen LogP contribution is -2.45. The lowest BCUT2D eigenvalue weighted by atomic mass is 10.3. The van der Waals surface area contributed by atoms with E-state index >= 15 is 0 Å². The zero-order chi connectivity index (χ0) is 15.0. The van der Waals surface area contributed by atoms with Crippen LogP contribution >= 0.6 is 0 Å². The monoisotopic (exact) mass is 299 g/mol. The van der Waals surface area contributed by atoms with Gasteiger partial charge in [0.15, 0.2) is 9.84 Å². The van der Waals surface area contributed by atoms with Gasteiger partial charge in [-0.1, -0.05) is 0 Å². The van der Waals surface area contributed by atoms with Gasteiger partial charge in [0, 0.05) is 12.3 Å². The molecule has 1 rings (SSSR count). The molecule has 0 heterocycles. The van der Waals surface area contributed by atoms with Crippen molar-refractivity contribution < 1.29 is 26.0 Å². The maximum atomic E-state index is 13.5. The third kappa shape index (κ3) is 3.41. The average Bonchev–Trinajstić information content (AvgIpc) is 2.23. The van der Waals surface area contributed by atoms with E-state index in [-0.39, 0.29) is 5.01 Å². The molecule has 1 aromatic rings. The molecule has 19 heavy (non-hydrogen) atoms. The molecule has 0 aromatic heterocycles. The number of hydrogen-bond donors (Lipinski definition) is 2. The number of amidine groups is 1. The van der Waals surface area contributed by atoms with Crippen molar-refractivity contribution in [3.63, 3.8) is 0 Å². The van der Waals surface area contributed by atoms with Crippen molar-refractivity contribution >= 4 is 21.4 Å². The minimum atomic E-state index is -5.00. The average molecular weight is 299 g/mol. The zero-order valence-corrected chi connectivity index (χ0v) is 10.3. The number of hydrazine groups is 1. The molecule has 1 aromatic carbocycles. The van der Waals surface area contributed by atoms with Gasteiger partial charge < -0.3 is 0 Å². The number of benzene rings is 1. The summed E-state index contributed by atoms with van der Waals surface area (Å²) < 4.78 is 72.4. The molecule has 0 amide bonds. The summed E-state index contributed by atoms with van der Waals surface area (Å²) in [5, 5.41) is 6.68. The number of rotatable bonds is 2. The molecule has 0 saturated heterocycles. The Balaban J connectivity index is 3.19. The molecule has 0 fully saturated rings. The van der Waals surface area contributed by atoms with E-state index in [2.05, 4.69) is 0 Å². The Morgan fingerprint density at radius 3 is 2.26 bits per heavy atom. The van der Waals surface area contributed by atoms with Crippen molar-refractivity contribution in [3.8, 4) is 0 Å². The van der Waals surface area contributed by atoms with E-state index in [1.165, 1.54) is 0 Å². The number of hydrogen-bond acceptors (Lipinski definition) is 4. The van der Waals surface area contributed by atoms with Gasteiger partial charge in [0.05, 0.1) is 5.69 Å². The van der Waals surface area contributed by atoms with Crippen LogP contribution in [0.3, 0.4) is 0 Å². The van der Waals surface area contributed by atoms with E-state index in [0.717, 1.165) is 18.4 Å². The van der Waals surface area contributed by atoms with E-state index in [4.69, 9.17) is 11.3 Å². The smallest absolute Gasteiger partial charge is 0.279 e. The summed E-state index contributed by atoms with van der Waals surface area (Å²) in [7, 11) is -3.83. The van der Waals surface area contributed by atoms with E-state index < -0.39 is 38.2 Å². The van der Waals surface area contributed by atoms with Crippen LogP contribution in [-0.4, -0.2) is 26.7 Å². The Kier molecular flexibility index (Phi) is 3.87. The van der Waals surface area contributed by atoms with Crippen LogP contribution in [0.5, 0.6) is 0 Å². The molecular formula is C9H9F4N3O2S. The van der Waals surface area contributed by atoms with Gasteiger partial charge in [0.1, 0.15) is 10.7 Å². The summed E-state index contributed by atoms with van der Waals surface area (Å²) in [6.45, 7) is 0.